The molecule has 0 saturated carbocycles. The van der Waals surface area contributed by atoms with Crippen LogP contribution >= 0.6 is 23.2 Å². The number of halogens is 2. The minimum absolute atomic E-state index is 0.0263. The molecule has 138 valence electrons. The van der Waals surface area contributed by atoms with Gasteiger partial charge in [0.25, 0.3) is 0 Å². The summed E-state index contributed by atoms with van der Waals surface area (Å²) in [5, 5.41) is 2.42. The summed E-state index contributed by atoms with van der Waals surface area (Å²) in [6.07, 6.45) is 7.43. The van der Waals surface area contributed by atoms with E-state index in [-0.39, 0.29) is 5.91 Å². The second-order valence-electron chi connectivity index (χ2n) is 6.89. The number of hydrogen-bond donors (Lipinski definition) is 1. The van der Waals surface area contributed by atoms with Crippen molar-refractivity contribution in [3.8, 4) is 0 Å². The average molecular weight is 399 g/mol. The lowest BCUT2D eigenvalue weighted by molar-refractivity contribution is -0.126. The summed E-state index contributed by atoms with van der Waals surface area (Å²) in [7, 11) is 0. The third-order valence-electron chi connectivity index (χ3n) is 5.24. The largest absolute Gasteiger partial charge is 0.361 e. The third-order valence-corrected chi connectivity index (χ3v) is 5.80. The standard InChI is InChI=1S/C22H20Cl2N2O/c23-17-7-5-16(20(24)13-17)6-8-22(27)26-11-9-15(10-12-26)19-14-25-21-4-2-1-3-18(19)21/h1-8,13-15,25H,9-12H2/b8-6+. The maximum atomic E-state index is 12.5. The van der Waals surface area contributed by atoms with Gasteiger partial charge in [-0.1, -0.05) is 47.5 Å². The molecule has 1 saturated heterocycles. The maximum Gasteiger partial charge on any atom is 0.246 e. The van der Waals surface area contributed by atoms with E-state index < -0.39 is 0 Å². The minimum Gasteiger partial charge on any atom is -0.361 e. The molecule has 1 aromatic heterocycles. The molecule has 27 heavy (non-hydrogen) atoms. The average Bonchev–Trinajstić information content (AvgIpc) is 3.11. The molecule has 2 heterocycles. The highest BCUT2D eigenvalue weighted by Gasteiger charge is 2.24. The molecule has 1 aliphatic rings. The van der Waals surface area contributed by atoms with Gasteiger partial charge in [0.1, 0.15) is 0 Å². The number of nitrogens with one attached hydrogen (secondary N) is 1. The predicted molar refractivity (Wildman–Crippen MR) is 112 cm³/mol. The van der Waals surface area contributed by atoms with Crippen LogP contribution in [-0.4, -0.2) is 28.9 Å². The molecule has 0 aliphatic carbocycles. The Labute approximate surface area is 168 Å². The van der Waals surface area contributed by atoms with E-state index in [1.54, 1.807) is 24.3 Å². The number of carbonyl (C=O) groups excluding carboxylic acids is 1. The molecule has 0 unspecified atom stereocenters. The molecular formula is C22H20Cl2N2O. The molecule has 1 aliphatic heterocycles. The van der Waals surface area contributed by atoms with E-state index in [1.807, 2.05) is 17.0 Å². The van der Waals surface area contributed by atoms with E-state index >= 15 is 0 Å². The fourth-order valence-electron chi connectivity index (χ4n) is 3.75. The Morgan fingerprint density at radius 1 is 1.11 bits per heavy atom. The van der Waals surface area contributed by atoms with Crippen molar-refractivity contribution < 1.29 is 4.79 Å². The van der Waals surface area contributed by atoms with Gasteiger partial charge in [0.15, 0.2) is 0 Å². The van der Waals surface area contributed by atoms with Crippen LogP contribution in [0.3, 0.4) is 0 Å². The van der Waals surface area contributed by atoms with Crippen molar-refractivity contribution in [1.82, 2.24) is 9.88 Å². The molecule has 0 atom stereocenters. The number of likely N-dealkylation sites (tertiary alicyclic amines) is 1. The highest BCUT2D eigenvalue weighted by Crippen LogP contribution is 2.33. The van der Waals surface area contributed by atoms with Gasteiger partial charge in [0.05, 0.1) is 0 Å². The molecule has 3 nitrogen and oxygen atoms in total. The zero-order valence-electron chi connectivity index (χ0n) is 14.8. The zero-order chi connectivity index (χ0) is 18.8. The van der Waals surface area contributed by atoms with Crippen LogP contribution in [0.25, 0.3) is 17.0 Å². The molecule has 1 amide bonds. The molecule has 2 aromatic carbocycles. The van der Waals surface area contributed by atoms with Crippen LogP contribution in [0.1, 0.15) is 29.9 Å². The monoisotopic (exact) mass is 398 g/mol. The van der Waals surface area contributed by atoms with E-state index in [1.165, 1.54) is 16.5 Å². The first kappa shape index (κ1) is 18.1. The summed E-state index contributed by atoms with van der Waals surface area (Å²) in [6, 6.07) is 13.7. The highest BCUT2D eigenvalue weighted by atomic mass is 35.5. The molecule has 3 aromatic rings. The van der Waals surface area contributed by atoms with Crippen LogP contribution in [-0.2, 0) is 4.79 Å². The number of H-pyrrole nitrogens is 1. The lowest BCUT2D eigenvalue weighted by atomic mass is 9.89. The molecule has 0 spiro atoms. The molecule has 4 rings (SSSR count). The topological polar surface area (TPSA) is 36.1 Å². The number of benzene rings is 2. The van der Waals surface area contributed by atoms with Crippen LogP contribution in [0.2, 0.25) is 10.0 Å². The Kier molecular flexibility index (Phi) is 5.24. The first-order chi connectivity index (χ1) is 13.1. The van der Waals surface area contributed by atoms with Crippen LogP contribution in [0.4, 0.5) is 0 Å². The van der Waals surface area contributed by atoms with Crippen molar-refractivity contribution in [2.45, 2.75) is 18.8 Å². The van der Waals surface area contributed by atoms with E-state index in [9.17, 15) is 4.79 Å². The van der Waals surface area contributed by atoms with Crippen molar-refractivity contribution in [1.29, 1.82) is 0 Å². The van der Waals surface area contributed by atoms with Crippen molar-refractivity contribution >= 4 is 46.1 Å². The predicted octanol–water partition coefficient (Wildman–Crippen LogP) is 5.89. The van der Waals surface area contributed by atoms with Gasteiger partial charge in [0.2, 0.25) is 5.91 Å². The first-order valence-electron chi connectivity index (χ1n) is 9.10. The minimum atomic E-state index is 0.0263. The normalized spacial score (nSPS) is 15.7. The van der Waals surface area contributed by atoms with Crippen molar-refractivity contribution in [2.24, 2.45) is 0 Å². The summed E-state index contributed by atoms with van der Waals surface area (Å²) in [4.78, 5) is 17.8. The lowest BCUT2D eigenvalue weighted by Crippen LogP contribution is -2.36. The number of amides is 1. The zero-order valence-corrected chi connectivity index (χ0v) is 16.3. The fourth-order valence-corrected chi connectivity index (χ4v) is 4.22. The van der Waals surface area contributed by atoms with Crippen molar-refractivity contribution in [3.63, 3.8) is 0 Å². The second kappa shape index (κ2) is 7.79. The van der Waals surface area contributed by atoms with E-state index in [0.29, 0.717) is 16.0 Å². The van der Waals surface area contributed by atoms with Gasteiger partial charge in [-0.3, -0.25) is 4.79 Å². The van der Waals surface area contributed by atoms with Crippen LogP contribution in [0, 0.1) is 0 Å². The Bertz CT molecular complexity index is 1000. The molecule has 1 N–H and O–H groups in total. The molecule has 1 fully saturated rings. The van der Waals surface area contributed by atoms with E-state index in [0.717, 1.165) is 31.5 Å². The van der Waals surface area contributed by atoms with Gasteiger partial charge in [-0.25, -0.2) is 0 Å². The van der Waals surface area contributed by atoms with Gasteiger partial charge in [-0.05, 0) is 54.2 Å². The number of aromatic nitrogens is 1. The summed E-state index contributed by atoms with van der Waals surface area (Å²) in [6.45, 7) is 1.53. The number of nitrogens with zero attached hydrogens (tertiary/aromatic N) is 1. The van der Waals surface area contributed by atoms with Crippen LogP contribution in [0.15, 0.2) is 54.7 Å². The number of fused-ring (bicyclic) bond motifs is 1. The maximum absolute atomic E-state index is 12.5. The number of rotatable bonds is 3. The van der Waals surface area contributed by atoms with Crippen molar-refractivity contribution in [2.75, 3.05) is 13.1 Å². The van der Waals surface area contributed by atoms with Crippen LogP contribution < -0.4 is 0 Å². The van der Waals surface area contributed by atoms with Gasteiger partial charge < -0.3 is 9.88 Å². The van der Waals surface area contributed by atoms with Crippen molar-refractivity contribution in [3.05, 3.63) is 75.9 Å². The first-order valence-corrected chi connectivity index (χ1v) is 9.85. The number of hydrogen-bond acceptors (Lipinski definition) is 1. The molecular weight excluding hydrogens is 379 g/mol. The third kappa shape index (κ3) is 3.90. The van der Waals surface area contributed by atoms with Crippen LogP contribution in [0.5, 0.6) is 0 Å². The van der Waals surface area contributed by atoms with Gasteiger partial charge in [0, 0.05) is 46.3 Å². The molecule has 0 bridgehead atoms. The van der Waals surface area contributed by atoms with E-state index in [4.69, 9.17) is 23.2 Å². The second-order valence-corrected chi connectivity index (χ2v) is 7.73. The Balaban J connectivity index is 1.40. The Hall–Kier alpha value is -2.23. The summed E-state index contributed by atoms with van der Waals surface area (Å²) in [5.41, 5.74) is 3.33. The van der Waals surface area contributed by atoms with Gasteiger partial charge in [-0.2, -0.15) is 0 Å². The summed E-state index contributed by atoms with van der Waals surface area (Å²) in [5.74, 6) is 0.512. The quantitative estimate of drug-likeness (QED) is 0.548. The van der Waals surface area contributed by atoms with Gasteiger partial charge >= 0.3 is 0 Å². The van der Waals surface area contributed by atoms with Gasteiger partial charge in [-0.15, -0.1) is 0 Å². The molecule has 0 radical (unpaired) electrons. The SMILES string of the molecule is O=C(/C=C/c1ccc(Cl)cc1Cl)N1CCC(c2c[nH]c3ccccc23)CC1. The van der Waals surface area contributed by atoms with E-state index in [2.05, 4.69) is 29.4 Å². The fraction of sp³-hybridized carbons (Fsp3) is 0.227. The number of para-hydroxylation sites is 1. The Morgan fingerprint density at radius 3 is 2.67 bits per heavy atom. The number of aromatic amines is 1. The summed E-state index contributed by atoms with van der Waals surface area (Å²) < 4.78 is 0. The highest BCUT2D eigenvalue weighted by molar-refractivity contribution is 6.35. The number of carbonyl (C=O) groups is 1. The lowest BCUT2D eigenvalue weighted by Gasteiger charge is -2.31. The number of piperidine rings is 1. The Morgan fingerprint density at radius 2 is 1.89 bits per heavy atom. The summed E-state index contributed by atoms with van der Waals surface area (Å²) >= 11 is 12.1. The smallest absolute Gasteiger partial charge is 0.246 e. The molecule has 5 heteroatoms.